The van der Waals surface area contributed by atoms with Crippen LogP contribution in [0.5, 0.6) is 11.5 Å². The Balaban J connectivity index is 2.14. The predicted octanol–water partition coefficient (Wildman–Crippen LogP) is 8.49. The average Bonchev–Trinajstić information content (AvgIpc) is 2.73. The quantitative estimate of drug-likeness (QED) is 0.291. The average molecular weight is 475 g/mol. The van der Waals surface area contributed by atoms with E-state index in [1.54, 1.807) is 13.8 Å². The zero-order valence-corrected chi connectivity index (χ0v) is 23.5. The molecule has 1 aliphatic rings. The summed E-state index contributed by atoms with van der Waals surface area (Å²) in [6.07, 6.45) is 12.8. The summed E-state index contributed by atoms with van der Waals surface area (Å²) in [6.45, 7) is 18.4. The van der Waals surface area contributed by atoms with Gasteiger partial charge in [0.05, 0.1) is 5.41 Å². The highest BCUT2D eigenvalue weighted by Crippen LogP contribution is 2.46. The van der Waals surface area contributed by atoms with E-state index in [0.29, 0.717) is 6.42 Å². The molecule has 1 aliphatic heterocycles. The number of aliphatic carboxylic acids is 1. The number of carbonyl (C=O) groups is 1. The third kappa shape index (κ3) is 7.15. The van der Waals surface area contributed by atoms with Crippen molar-refractivity contribution < 1.29 is 19.4 Å². The normalized spacial score (nSPS) is 18.4. The fraction of sp³-hybridized carbons (Fsp3) is 0.767. The Labute approximate surface area is 208 Å². The second kappa shape index (κ2) is 11.4. The van der Waals surface area contributed by atoms with Crippen molar-refractivity contribution in [1.82, 2.24) is 0 Å². The molecule has 1 N–H and O–H groups in total. The van der Waals surface area contributed by atoms with Crippen molar-refractivity contribution in [2.75, 3.05) is 0 Å². The van der Waals surface area contributed by atoms with Crippen LogP contribution >= 0.6 is 0 Å². The predicted molar refractivity (Wildman–Crippen MR) is 141 cm³/mol. The SMILES string of the molecule is CCCCCCCCCC1(C)CCc2c(C)c(OC(C)(C)CC(C)(C)C(=O)O)c(C)c(C)c2O1. The van der Waals surface area contributed by atoms with Gasteiger partial charge < -0.3 is 14.6 Å². The minimum absolute atomic E-state index is 0.104. The lowest BCUT2D eigenvalue weighted by atomic mass is 9.81. The lowest BCUT2D eigenvalue weighted by Gasteiger charge is -2.39. The molecule has 1 atom stereocenters. The van der Waals surface area contributed by atoms with Crippen molar-refractivity contribution in [1.29, 1.82) is 0 Å². The van der Waals surface area contributed by atoms with Gasteiger partial charge >= 0.3 is 5.97 Å². The highest BCUT2D eigenvalue weighted by molar-refractivity contribution is 5.73. The van der Waals surface area contributed by atoms with Gasteiger partial charge in [-0.1, -0.05) is 45.4 Å². The zero-order chi connectivity index (χ0) is 25.7. The number of rotatable bonds is 13. The first-order valence-electron chi connectivity index (χ1n) is 13.5. The van der Waals surface area contributed by atoms with E-state index in [9.17, 15) is 9.90 Å². The highest BCUT2D eigenvalue weighted by atomic mass is 16.5. The number of hydrogen-bond acceptors (Lipinski definition) is 3. The van der Waals surface area contributed by atoms with Gasteiger partial charge in [0.25, 0.3) is 0 Å². The first-order chi connectivity index (χ1) is 15.7. The van der Waals surface area contributed by atoms with Crippen LogP contribution in [0.15, 0.2) is 0 Å². The summed E-state index contributed by atoms with van der Waals surface area (Å²) < 4.78 is 13.3. The van der Waals surface area contributed by atoms with E-state index < -0.39 is 17.0 Å². The molecule has 0 saturated heterocycles. The maximum Gasteiger partial charge on any atom is 0.309 e. The molecule has 4 nitrogen and oxygen atoms in total. The van der Waals surface area contributed by atoms with Crippen molar-refractivity contribution in [2.45, 2.75) is 144 Å². The molecule has 0 spiro atoms. The first-order valence-corrected chi connectivity index (χ1v) is 13.5. The minimum atomic E-state index is -0.852. The molecule has 1 aromatic rings. The van der Waals surface area contributed by atoms with Gasteiger partial charge in [-0.2, -0.15) is 0 Å². The number of benzene rings is 1. The summed E-state index contributed by atoms with van der Waals surface area (Å²) in [6, 6.07) is 0. The zero-order valence-electron chi connectivity index (χ0n) is 23.5. The van der Waals surface area contributed by atoms with E-state index in [1.165, 1.54) is 50.5 Å². The summed E-state index contributed by atoms with van der Waals surface area (Å²) >= 11 is 0. The van der Waals surface area contributed by atoms with Crippen molar-refractivity contribution in [2.24, 2.45) is 5.41 Å². The van der Waals surface area contributed by atoms with E-state index in [1.807, 2.05) is 13.8 Å². The molecule has 0 amide bonds. The standard InChI is InChI=1S/C30H50O4/c1-10-11-12-13-14-15-16-18-30(9)19-17-24-23(4)25(21(2)22(3)26(24)34-30)33-29(7,8)20-28(5,6)27(31)32/h10-20H2,1-9H3,(H,31,32). The molecule has 2 rings (SSSR count). The second-order valence-corrected chi connectivity index (χ2v) is 12.2. The van der Waals surface area contributed by atoms with Crippen molar-refractivity contribution in [3.8, 4) is 11.5 Å². The number of carboxylic acids is 1. The van der Waals surface area contributed by atoms with Crippen LogP contribution in [-0.2, 0) is 11.2 Å². The summed E-state index contributed by atoms with van der Waals surface area (Å²) in [5, 5.41) is 9.58. The van der Waals surface area contributed by atoms with Gasteiger partial charge in [-0.05, 0) is 97.8 Å². The van der Waals surface area contributed by atoms with Gasteiger partial charge in [0.15, 0.2) is 0 Å². The summed E-state index contributed by atoms with van der Waals surface area (Å²) in [5.74, 6) is 1.14. The summed E-state index contributed by atoms with van der Waals surface area (Å²) in [4.78, 5) is 11.7. The maximum absolute atomic E-state index is 11.7. The van der Waals surface area contributed by atoms with E-state index in [0.717, 1.165) is 47.5 Å². The minimum Gasteiger partial charge on any atom is -0.487 e. The van der Waals surface area contributed by atoms with Crippen molar-refractivity contribution >= 4 is 5.97 Å². The van der Waals surface area contributed by atoms with Gasteiger partial charge in [0.1, 0.15) is 22.7 Å². The van der Waals surface area contributed by atoms with Crippen LogP contribution in [0.1, 0.15) is 128 Å². The molecule has 0 aliphatic carbocycles. The van der Waals surface area contributed by atoms with E-state index in [2.05, 4.69) is 34.6 Å². The molecule has 0 fully saturated rings. The molecular weight excluding hydrogens is 424 g/mol. The number of ether oxygens (including phenoxy) is 2. The maximum atomic E-state index is 11.7. The van der Waals surface area contributed by atoms with Crippen LogP contribution < -0.4 is 9.47 Å². The highest BCUT2D eigenvalue weighted by Gasteiger charge is 2.38. The lowest BCUT2D eigenvalue weighted by molar-refractivity contribution is -0.149. The smallest absolute Gasteiger partial charge is 0.309 e. The Kier molecular flexibility index (Phi) is 9.52. The molecular formula is C30H50O4. The van der Waals surface area contributed by atoms with Crippen molar-refractivity contribution in [3.05, 3.63) is 22.3 Å². The Hall–Kier alpha value is -1.71. The number of carboxylic acid groups (broad SMARTS) is 1. The Bertz CT molecular complexity index is 852. The molecule has 1 unspecified atom stereocenters. The number of fused-ring (bicyclic) bond motifs is 1. The molecule has 194 valence electrons. The van der Waals surface area contributed by atoms with E-state index in [-0.39, 0.29) is 5.60 Å². The fourth-order valence-corrected chi connectivity index (χ4v) is 5.52. The Morgan fingerprint density at radius 3 is 2.15 bits per heavy atom. The van der Waals surface area contributed by atoms with Gasteiger partial charge in [0, 0.05) is 12.0 Å². The molecule has 0 radical (unpaired) electrons. The topological polar surface area (TPSA) is 55.8 Å². The summed E-state index contributed by atoms with van der Waals surface area (Å²) in [7, 11) is 0. The Morgan fingerprint density at radius 2 is 1.56 bits per heavy atom. The molecule has 4 heteroatoms. The van der Waals surface area contributed by atoms with Crippen LogP contribution in [0.3, 0.4) is 0 Å². The van der Waals surface area contributed by atoms with Gasteiger partial charge in [-0.25, -0.2) is 0 Å². The second-order valence-electron chi connectivity index (χ2n) is 12.2. The summed E-state index contributed by atoms with van der Waals surface area (Å²) in [5.41, 5.74) is 3.08. The molecule has 0 saturated carbocycles. The fourth-order valence-electron chi connectivity index (χ4n) is 5.52. The first kappa shape index (κ1) is 28.5. The number of hydrogen-bond donors (Lipinski definition) is 1. The van der Waals surface area contributed by atoms with Crippen LogP contribution in [-0.4, -0.2) is 22.3 Å². The molecule has 0 aromatic heterocycles. The third-order valence-electron chi connectivity index (χ3n) is 7.70. The van der Waals surface area contributed by atoms with Crippen molar-refractivity contribution in [3.63, 3.8) is 0 Å². The van der Waals surface area contributed by atoms with Crippen LogP contribution in [0.2, 0.25) is 0 Å². The number of unbranched alkanes of at least 4 members (excludes halogenated alkanes) is 6. The molecule has 1 aromatic carbocycles. The van der Waals surface area contributed by atoms with Crippen LogP contribution in [0, 0.1) is 26.2 Å². The van der Waals surface area contributed by atoms with Gasteiger partial charge in [-0.3, -0.25) is 4.79 Å². The monoisotopic (exact) mass is 474 g/mol. The van der Waals surface area contributed by atoms with Gasteiger partial charge in [0.2, 0.25) is 0 Å². The largest absolute Gasteiger partial charge is 0.487 e. The van der Waals surface area contributed by atoms with E-state index in [4.69, 9.17) is 9.47 Å². The lowest BCUT2D eigenvalue weighted by Crippen LogP contribution is -2.39. The Morgan fingerprint density at radius 1 is 0.971 bits per heavy atom. The molecule has 0 bridgehead atoms. The van der Waals surface area contributed by atoms with E-state index >= 15 is 0 Å². The van der Waals surface area contributed by atoms with Gasteiger partial charge in [-0.15, -0.1) is 0 Å². The third-order valence-corrected chi connectivity index (χ3v) is 7.70. The van der Waals surface area contributed by atoms with Crippen LogP contribution in [0.25, 0.3) is 0 Å². The van der Waals surface area contributed by atoms with Crippen LogP contribution in [0.4, 0.5) is 0 Å². The molecule has 34 heavy (non-hydrogen) atoms. The molecule has 1 heterocycles.